The molecule has 0 bridgehead atoms. The van der Waals surface area contributed by atoms with Crippen molar-refractivity contribution >= 4 is 83.4 Å². The highest BCUT2D eigenvalue weighted by molar-refractivity contribution is 7.80. The van der Waals surface area contributed by atoms with E-state index < -0.39 is 108 Å². The number of fused-ring (bicyclic) bond motifs is 1. The molecule has 4 aromatic rings. The lowest BCUT2D eigenvalue weighted by atomic mass is 10.0. The van der Waals surface area contributed by atoms with Gasteiger partial charge in [0, 0.05) is 48.5 Å². The van der Waals surface area contributed by atoms with E-state index in [9.17, 15) is 48.6 Å². The monoisotopic (exact) mass is 1050 g/mol. The molecule has 10 atom stereocenters. The van der Waals surface area contributed by atoms with Crippen LogP contribution in [-0.2, 0) is 57.6 Å². The van der Waals surface area contributed by atoms with Crippen molar-refractivity contribution in [3.63, 3.8) is 0 Å². The zero-order valence-corrected chi connectivity index (χ0v) is 42.8. The number of carbonyl (C=O) groups is 8. The molecule has 21 nitrogen and oxygen atoms in total. The largest absolute Gasteiger partial charge is 0.391 e. The van der Waals surface area contributed by atoms with Crippen LogP contribution < -0.4 is 49.1 Å². The zero-order valence-electron chi connectivity index (χ0n) is 41.0. The summed E-state index contributed by atoms with van der Waals surface area (Å²) in [5, 5.41) is 37.3. The smallest absolute Gasteiger partial charge is 0.248 e. The number of aliphatic hydroxyl groups excluding tert-OH is 2. The van der Waals surface area contributed by atoms with Gasteiger partial charge in [-0.05, 0) is 68.8 Å². The maximum atomic E-state index is 14.7. The molecule has 396 valence electrons. The number of benzene rings is 3. The van der Waals surface area contributed by atoms with Gasteiger partial charge >= 0.3 is 0 Å². The number of hydrogen-bond donors (Lipinski definition) is 14. The van der Waals surface area contributed by atoms with Crippen molar-refractivity contribution in [2.24, 2.45) is 17.2 Å². The van der Waals surface area contributed by atoms with Gasteiger partial charge in [0.2, 0.25) is 47.3 Å². The quantitative estimate of drug-likeness (QED) is 0.0218. The Morgan fingerprint density at radius 2 is 1.10 bits per heavy atom. The molecule has 1 aromatic heterocycles. The lowest BCUT2D eigenvalue weighted by molar-refractivity contribution is -0.144. The summed E-state index contributed by atoms with van der Waals surface area (Å²) in [5.41, 5.74) is 20.2. The first-order chi connectivity index (χ1) is 34.8. The van der Waals surface area contributed by atoms with E-state index in [-0.39, 0.29) is 43.7 Å². The van der Waals surface area contributed by atoms with Crippen molar-refractivity contribution in [1.29, 1.82) is 0 Å². The van der Waals surface area contributed by atoms with Crippen LogP contribution >= 0.6 is 25.3 Å². The molecule has 0 spiro atoms. The lowest BCUT2D eigenvalue weighted by Gasteiger charge is -2.33. The average molecular weight is 1050 g/mol. The highest BCUT2D eigenvalue weighted by atomic mass is 32.1. The minimum atomic E-state index is -1.68. The minimum absolute atomic E-state index is 0.00681. The third-order valence-corrected chi connectivity index (χ3v) is 12.8. The van der Waals surface area contributed by atoms with E-state index in [1.54, 1.807) is 42.6 Å². The second-order valence-electron chi connectivity index (χ2n) is 17.8. The van der Waals surface area contributed by atoms with Gasteiger partial charge in [0.25, 0.3) is 0 Å². The molecule has 0 aliphatic rings. The van der Waals surface area contributed by atoms with Crippen LogP contribution in [0.1, 0.15) is 49.8 Å². The topological polar surface area (TPSA) is 346 Å². The van der Waals surface area contributed by atoms with Crippen molar-refractivity contribution in [2.45, 2.75) is 113 Å². The van der Waals surface area contributed by atoms with E-state index in [4.69, 9.17) is 17.2 Å². The molecule has 0 radical (unpaired) electrons. The van der Waals surface area contributed by atoms with Gasteiger partial charge in [-0.3, -0.25) is 38.4 Å². The van der Waals surface area contributed by atoms with Gasteiger partial charge in [-0.1, -0.05) is 78.9 Å². The number of likely N-dealkylation sites (N-methyl/N-ethyl adjacent to an activating group) is 1. The summed E-state index contributed by atoms with van der Waals surface area (Å²) < 4.78 is 0. The zero-order chi connectivity index (χ0) is 53.8. The Labute approximate surface area is 435 Å². The number of aromatic amines is 1. The first-order valence-corrected chi connectivity index (χ1v) is 25.1. The van der Waals surface area contributed by atoms with Gasteiger partial charge in [0.1, 0.15) is 42.3 Å². The van der Waals surface area contributed by atoms with E-state index in [1.807, 2.05) is 48.5 Å². The van der Waals surface area contributed by atoms with Gasteiger partial charge < -0.3 is 69.2 Å². The molecule has 0 fully saturated rings. The minimum Gasteiger partial charge on any atom is -0.391 e. The summed E-state index contributed by atoms with van der Waals surface area (Å²) in [6.45, 7) is 2.71. The number of nitrogens with zero attached hydrogens (tertiary/aromatic N) is 1. The fourth-order valence-electron chi connectivity index (χ4n) is 7.88. The van der Waals surface area contributed by atoms with Crippen molar-refractivity contribution in [1.82, 2.24) is 41.8 Å². The van der Waals surface area contributed by atoms with Crippen LogP contribution in [0.4, 0.5) is 0 Å². The van der Waals surface area contributed by atoms with E-state index in [0.717, 1.165) is 21.4 Å². The number of nitrogens with two attached hydrogens (primary N) is 3. The number of rotatable bonds is 29. The second-order valence-corrected chi connectivity index (χ2v) is 18.5. The second kappa shape index (κ2) is 29.3. The number of aliphatic hydroxyl groups is 2. The fraction of sp³-hybridized carbons (Fsp3) is 0.440. The number of amides is 8. The molecule has 0 unspecified atom stereocenters. The Hall–Kier alpha value is -6.50. The number of H-pyrrole nitrogens is 1. The Morgan fingerprint density at radius 3 is 1.64 bits per heavy atom. The predicted molar refractivity (Wildman–Crippen MR) is 282 cm³/mol. The first kappa shape index (κ1) is 59.1. The van der Waals surface area contributed by atoms with E-state index in [1.165, 1.54) is 20.9 Å². The van der Waals surface area contributed by atoms with Crippen molar-refractivity contribution < 1.29 is 48.6 Å². The average Bonchev–Trinajstić information content (AvgIpc) is 3.78. The van der Waals surface area contributed by atoms with Crippen LogP contribution in [-0.4, -0.2) is 153 Å². The van der Waals surface area contributed by atoms with Crippen LogP contribution in [0.15, 0.2) is 91.1 Å². The molecule has 3 aromatic carbocycles. The molecule has 0 saturated carbocycles. The standard InChI is InChI=1S/C50H69N11O10S2/c1-28(62)41(43(53)64)59-49(70)40(27-73)61(3)50(71)42(29(2)63)60-45(66)36(20-12-13-21-51)55-47(68)38(24-32-25-54-35-19-11-10-18-33(32)35)57-46(67)37(23-31-16-8-5-9-17-31)56-48(69)39(26-72)58-44(65)34(52)22-30-14-6-4-7-15-30/h4-11,14-19,25,28-29,34,36-42,54,62-63,72-73H,12-13,20-24,26-27,51-52H2,1-3H3,(H2,53,64)(H,55,68)(H,56,69)(H,57,67)(H,58,65)(H,59,70)(H,60,66)/t28-,29-,34-,36+,37+,38-,39+,40+,41+,42+/m1/s1. The van der Waals surface area contributed by atoms with Gasteiger partial charge in [0.15, 0.2) is 0 Å². The summed E-state index contributed by atoms with van der Waals surface area (Å²) in [7, 11) is 1.22. The number of aromatic nitrogens is 1. The number of hydrogen-bond acceptors (Lipinski definition) is 14. The number of para-hydroxylation sites is 1. The van der Waals surface area contributed by atoms with Gasteiger partial charge in [-0.25, -0.2) is 0 Å². The predicted octanol–water partition coefficient (Wildman–Crippen LogP) is -1.51. The van der Waals surface area contributed by atoms with Crippen molar-refractivity contribution in [3.05, 3.63) is 108 Å². The summed E-state index contributed by atoms with van der Waals surface area (Å²) in [5.74, 6) is -7.18. The Morgan fingerprint density at radius 1 is 0.603 bits per heavy atom. The molecule has 73 heavy (non-hydrogen) atoms. The lowest BCUT2D eigenvalue weighted by Crippen LogP contribution is -2.62. The van der Waals surface area contributed by atoms with Crippen LogP contribution in [0, 0.1) is 0 Å². The molecular weight excluding hydrogens is 979 g/mol. The highest BCUT2D eigenvalue weighted by Gasteiger charge is 2.38. The van der Waals surface area contributed by atoms with E-state index in [0.29, 0.717) is 24.0 Å². The van der Waals surface area contributed by atoms with Crippen LogP contribution in [0.25, 0.3) is 10.9 Å². The van der Waals surface area contributed by atoms with Crippen LogP contribution in [0.3, 0.4) is 0 Å². The van der Waals surface area contributed by atoms with Gasteiger partial charge in [0.05, 0.1) is 18.2 Å². The van der Waals surface area contributed by atoms with Crippen molar-refractivity contribution in [3.8, 4) is 0 Å². The molecule has 8 amide bonds. The number of nitrogens with one attached hydrogen (secondary N) is 7. The molecule has 23 heteroatoms. The molecule has 1 heterocycles. The Bertz CT molecular complexity index is 2480. The van der Waals surface area contributed by atoms with Crippen LogP contribution in [0.2, 0.25) is 0 Å². The maximum absolute atomic E-state index is 14.7. The molecular formula is C50H69N11O10S2. The van der Waals surface area contributed by atoms with Gasteiger partial charge in [-0.15, -0.1) is 0 Å². The number of unbranched alkanes of at least 4 members (excludes halogenated alkanes) is 1. The summed E-state index contributed by atoms with van der Waals surface area (Å²) in [6, 6.07) is 14.3. The fourth-order valence-corrected chi connectivity index (χ4v) is 8.54. The third-order valence-electron chi connectivity index (χ3n) is 12.1. The Kier molecular flexibility index (Phi) is 23.7. The molecule has 0 saturated heterocycles. The normalized spacial score (nSPS) is 15.4. The van der Waals surface area contributed by atoms with Crippen LogP contribution in [0.5, 0.6) is 0 Å². The first-order valence-electron chi connectivity index (χ1n) is 23.8. The molecule has 0 aliphatic carbocycles. The molecule has 0 aliphatic heterocycles. The molecule has 15 N–H and O–H groups in total. The summed E-state index contributed by atoms with van der Waals surface area (Å²) in [6.07, 6.45) is -0.464. The van der Waals surface area contributed by atoms with Crippen molar-refractivity contribution in [2.75, 3.05) is 25.1 Å². The van der Waals surface area contributed by atoms with E-state index in [2.05, 4.69) is 62.1 Å². The highest BCUT2D eigenvalue weighted by Crippen LogP contribution is 2.20. The number of carbonyl (C=O) groups excluding carboxylic acids is 8. The number of primary amides is 1. The van der Waals surface area contributed by atoms with E-state index >= 15 is 0 Å². The molecule has 4 rings (SSSR count). The summed E-state index contributed by atoms with van der Waals surface area (Å²) >= 11 is 8.52. The van der Waals surface area contributed by atoms with Gasteiger partial charge in [-0.2, -0.15) is 25.3 Å². The Balaban J connectivity index is 1.63. The SMILES string of the molecule is C[C@@H](O)[C@H](NC(=O)[C@H](CS)N(C)C(=O)[C@@H](NC(=O)[C@H](CCCCN)NC(=O)[C@@H](Cc1c[nH]c2ccccc12)NC(=O)[C@H](Cc1ccccc1)NC(=O)[C@H](CS)NC(=O)[C@H](N)Cc1ccccc1)[C@@H](C)O)C(N)=O. The number of thiol groups is 2. The summed E-state index contributed by atoms with van der Waals surface area (Å²) in [4.78, 5) is 114. The maximum Gasteiger partial charge on any atom is 0.248 e. The third kappa shape index (κ3) is 17.6.